The van der Waals surface area contributed by atoms with Crippen LogP contribution in [0, 0.1) is 10.1 Å². The average Bonchev–Trinajstić information content (AvgIpc) is 2.56. The van der Waals surface area contributed by atoms with Crippen molar-refractivity contribution in [2.24, 2.45) is 0 Å². The van der Waals surface area contributed by atoms with E-state index in [9.17, 15) is 15.2 Å². The maximum absolute atomic E-state index is 10.0. The van der Waals surface area contributed by atoms with Gasteiger partial charge in [-0.15, -0.1) is 22.5 Å². The summed E-state index contributed by atoms with van der Waals surface area (Å²) in [5.41, 5.74) is 0. The number of rotatable bonds is 2. The number of aliphatic hydroxyl groups excluding tert-OH is 1. The second-order valence-electron chi connectivity index (χ2n) is 3.03. The number of ether oxygens (including phenoxy) is 2. The Bertz CT molecular complexity index is 226. The fourth-order valence-corrected chi connectivity index (χ4v) is 1.64. The molecule has 2 fully saturated rings. The predicted molar refractivity (Wildman–Crippen MR) is 44.6 cm³/mol. The van der Waals surface area contributed by atoms with Crippen LogP contribution in [0.5, 0.6) is 0 Å². The highest BCUT2D eigenvalue weighted by Crippen LogP contribution is 2.28. The molecule has 2 aliphatic rings. The van der Waals surface area contributed by atoms with Crippen molar-refractivity contribution in [2.75, 3.05) is 13.2 Å². The van der Waals surface area contributed by atoms with Crippen molar-refractivity contribution >= 4 is 12.4 Å². The van der Waals surface area contributed by atoms with Crippen molar-refractivity contribution in [1.82, 2.24) is 0 Å². The Morgan fingerprint density at radius 1 is 1.36 bits per heavy atom. The van der Waals surface area contributed by atoms with Gasteiger partial charge in [0.2, 0.25) is 0 Å². The first-order chi connectivity index (χ1) is 6.18. The Morgan fingerprint density at radius 3 is 2.64 bits per heavy atom. The van der Waals surface area contributed by atoms with Crippen LogP contribution in [0.15, 0.2) is 0 Å². The van der Waals surface area contributed by atoms with E-state index in [1.165, 1.54) is 0 Å². The molecule has 82 valence electrons. The molecule has 14 heavy (non-hydrogen) atoms. The summed E-state index contributed by atoms with van der Waals surface area (Å²) in [6.07, 6.45) is -2.41. The molecule has 2 heterocycles. The van der Waals surface area contributed by atoms with Gasteiger partial charge < -0.3 is 19.4 Å². The number of nitrogens with zero attached hydrogens (tertiary/aromatic N) is 1. The van der Waals surface area contributed by atoms with E-state index < -0.39 is 29.5 Å². The van der Waals surface area contributed by atoms with Crippen molar-refractivity contribution < 1.29 is 24.5 Å². The second kappa shape index (κ2) is 4.26. The lowest BCUT2D eigenvalue weighted by molar-refractivity contribution is -0.769. The van der Waals surface area contributed by atoms with Gasteiger partial charge in [-0.1, -0.05) is 0 Å². The van der Waals surface area contributed by atoms with Crippen molar-refractivity contribution in [2.45, 2.75) is 24.4 Å². The molecule has 0 unspecified atom stereocenters. The summed E-state index contributed by atoms with van der Waals surface area (Å²) in [4.78, 5) is 14.4. The van der Waals surface area contributed by atoms with Crippen LogP contribution in [0.3, 0.4) is 0 Å². The molecule has 4 atom stereocenters. The van der Waals surface area contributed by atoms with Crippen molar-refractivity contribution in [1.29, 1.82) is 0 Å². The van der Waals surface area contributed by atoms with Crippen molar-refractivity contribution in [3.63, 3.8) is 0 Å². The minimum atomic E-state index is -0.871. The summed E-state index contributed by atoms with van der Waals surface area (Å²) >= 11 is 0. The average molecular weight is 228 g/mol. The predicted octanol–water partition coefficient (Wildman–Crippen LogP) is -0.856. The Balaban J connectivity index is 0.000000980. The quantitative estimate of drug-likeness (QED) is 0.488. The van der Waals surface area contributed by atoms with Crippen LogP contribution in [0.2, 0.25) is 0 Å². The van der Waals surface area contributed by atoms with Gasteiger partial charge in [-0.05, 0) is 0 Å². The molecule has 0 bridgehead atoms. The maximum atomic E-state index is 10.0. The number of hydrogen-bond acceptors (Lipinski definition) is 6. The zero-order valence-corrected chi connectivity index (χ0v) is 7.88. The highest BCUT2D eigenvalue weighted by Gasteiger charge is 2.48. The van der Waals surface area contributed by atoms with Gasteiger partial charge in [0.25, 0.3) is 5.09 Å². The number of halogens is 1. The summed E-state index contributed by atoms with van der Waals surface area (Å²) in [6, 6.07) is 0. The number of fused-ring (bicyclic) bond motifs is 1. The van der Waals surface area contributed by atoms with E-state index in [2.05, 4.69) is 4.84 Å². The summed E-state index contributed by atoms with van der Waals surface area (Å²) in [5, 5.41) is 18.4. The third kappa shape index (κ3) is 1.90. The van der Waals surface area contributed by atoms with Gasteiger partial charge in [0, 0.05) is 0 Å². The molecule has 0 spiro atoms. The normalized spacial score (nSPS) is 40.1. The topological polar surface area (TPSA) is 91.1 Å². The molecule has 2 aliphatic heterocycles. The molecule has 7 nitrogen and oxygen atoms in total. The standard InChI is InChI=1S/C6H9NO6.ClH/c8-3-1-11-6-4(13-7(9)10)2-12-5(3)6;/h3-6,8H,1-2H2;1H/t3-,4+,5+,6+;/m0./s1. The fraction of sp³-hybridized carbons (Fsp3) is 1.00. The molecule has 0 aromatic heterocycles. The van der Waals surface area contributed by atoms with Gasteiger partial charge in [0.1, 0.15) is 18.3 Å². The minimum Gasteiger partial charge on any atom is -0.388 e. The van der Waals surface area contributed by atoms with Crippen molar-refractivity contribution in [3.05, 3.63) is 10.1 Å². The molecule has 8 heteroatoms. The molecule has 0 aromatic rings. The van der Waals surface area contributed by atoms with Gasteiger partial charge >= 0.3 is 0 Å². The lowest BCUT2D eigenvalue weighted by Crippen LogP contribution is -2.33. The number of hydrogen-bond donors (Lipinski definition) is 1. The molecular weight excluding hydrogens is 218 g/mol. The second-order valence-corrected chi connectivity index (χ2v) is 3.03. The van der Waals surface area contributed by atoms with E-state index in [0.717, 1.165) is 0 Å². The summed E-state index contributed by atoms with van der Waals surface area (Å²) < 4.78 is 10.2. The Morgan fingerprint density at radius 2 is 2.00 bits per heavy atom. The molecule has 0 amide bonds. The molecule has 0 radical (unpaired) electrons. The Labute approximate surface area is 85.4 Å². The van der Waals surface area contributed by atoms with Gasteiger partial charge in [-0.2, -0.15) is 0 Å². The van der Waals surface area contributed by atoms with Crippen LogP contribution in [0.25, 0.3) is 0 Å². The first kappa shape index (κ1) is 11.4. The van der Waals surface area contributed by atoms with Gasteiger partial charge in [-0.25, -0.2) is 0 Å². The van der Waals surface area contributed by atoms with Crippen LogP contribution in [0.4, 0.5) is 0 Å². The monoisotopic (exact) mass is 227 g/mol. The molecule has 2 saturated heterocycles. The van der Waals surface area contributed by atoms with Gasteiger partial charge in [0.05, 0.1) is 13.2 Å². The highest BCUT2D eigenvalue weighted by molar-refractivity contribution is 5.85. The third-order valence-electron chi connectivity index (χ3n) is 2.20. The lowest BCUT2D eigenvalue weighted by atomic mass is 10.1. The van der Waals surface area contributed by atoms with Crippen LogP contribution in [0.1, 0.15) is 0 Å². The summed E-state index contributed by atoms with van der Waals surface area (Å²) in [5.74, 6) is 0. The Hall–Kier alpha value is -0.630. The third-order valence-corrected chi connectivity index (χ3v) is 2.20. The fourth-order valence-electron chi connectivity index (χ4n) is 1.64. The van der Waals surface area contributed by atoms with Crippen LogP contribution in [-0.2, 0) is 14.3 Å². The lowest BCUT2D eigenvalue weighted by Gasteiger charge is -2.12. The van der Waals surface area contributed by atoms with Crippen LogP contribution >= 0.6 is 12.4 Å². The van der Waals surface area contributed by atoms with E-state index in [1.54, 1.807) is 0 Å². The zero-order valence-electron chi connectivity index (χ0n) is 7.07. The highest BCUT2D eigenvalue weighted by atomic mass is 35.5. The van der Waals surface area contributed by atoms with Crippen molar-refractivity contribution in [3.8, 4) is 0 Å². The van der Waals surface area contributed by atoms with E-state index >= 15 is 0 Å². The summed E-state index contributed by atoms with van der Waals surface area (Å²) in [6.45, 7) is 0.236. The largest absolute Gasteiger partial charge is 0.388 e. The maximum Gasteiger partial charge on any atom is 0.294 e. The van der Waals surface area contributed by atoms with E-state index in [1.807, 2.05) is 0 Å². The SMILES string of the molecule is Cl.O=[N+]([O-])O[C@@H]1CO[C@H]2[C@@H]1OC[C@@H]2O. The van der Waals surface area contributed by atoms with Gasteiger partial charge in [0.15, 0.2) is 6.10 Å². The molecule has 1 N–H and O–H groups in total. The minimum absolute atomic E-state index is 0. The Kier molecular flexibility index (Phi) is 3.48. The van der Waals surface area contributed by atoms with E-state index in [4.69, 9.17) is 9.47 Å². The first-order valence-corrected chi connectivity index (χ1v) is 3.91. The van der Waals surface area contributed by atoms with Crippen LogP contribution in [-0.4, -0.2) is 47.8 Å². The van der Waals surface area contributed by atoms with Crippen LogP contribution < -0.4 is 0 Å². The summed E-state index contributed by atoms with van der Waals surface area (Å²) in [7, 11) is 0. The number of aliphatic hydroxyl groups is 1. The smallest absolute Gasteiger partial charge is 0.294 e. The zero-order chi connectivity index (χ0) is 9.42. The molecule has 0 saturated carbocycles. The molecule has 2 rings (SSSR count). The molecule has 0 aromatic carbocycles. The van der Waals surface area contributed by atoms with Gasteiger partial charge in [-0.3, -0.25) is 0 Å². The molecule has 0 aliphatic carbocycles. The van der Waals surface area contributed by atoms with E-state index in [0.29, 0.717) is 0 Å². The van der Waals surface area contributed by atoms with E-state index in [-0.39, 0.29) is 25.6 Å². The first-order valence-electron chi connectivity index (χ1n) is 3.91. The molecular formula is C6H10ClNO6.